The third kappa shape index (κ3) is 1.93. The highest BCUT2D eigenvalue weighted by molar-refractivity contribution is 7.16. The summed E-state index contributed by atoms with van der Waals surface area (Å²) in [5.74, 6) is 0.183. The second-order valence-corrected chi connectivity index (χ2v) is 6.08. The van der Waals surface area contributed by atoms with E-state index in [0.29, 0.717) is 16.4 Å². The molecule has 2 heterocycles. The van der Waals surface area contributed by atoms with E-state index in [1.165, 1.54) is 17.4 Å². The highest BCUT2D eigenvalue weighted by Crippen LogP contribution is 2.49. The van der Waals surface area contributed by atoms with Crippen molar-refractivity contribution in [3.63, 3.8) is 0 Å². The lowest BCUT2D eigenvalue weighted by Gasteiger charge is -2.32. The molecule has 20 heavy (non-hydrogen) atoms. The Kier molecular flexibility index (Phi) is 2.57. The van der Waals surface area contributed by atoms with Crippen molar-refractivity contribution in [2.75, 3.05) is 5.73 Å². The highest BCUT2D eigenvalue weighted by Gasteiger charge is 2.38. The Morgan fingerprint density at radius 1 is 1.30 bits per heavy atom. The molecule has 0 saturated carbocycles. The highest BCUT2D eigenvalue weighted by atomic mass is 32.1. The SMILES string of the molecule is CC1(C)Oc2cc(C(F)(F)F)ccc2-c2nc(N)sc21. The monoisotopic (exact) mass is 300 g/mol. The van der Waals surface area contributed by atoms with Gasteiger partial charge in [-0.25, -0.2) is 4.98 Å². The van der Waals surface area contributed by atoms with Crippen molar-refractivity contribution in [1.82, 2.24) is 4.98 Å². The Morgan fingerprint density at radius 2 is 2.00 bits per heavy atom. The zero-order valence-corrected chi connectivity index (χ0v) is 11.5. The third-order valence-electron chi connectivity index (χ3n) is 3.12. The molecule has 1 aliphatic heterocycles. The van der Waals surface area contributed by atoms with Crippen LogP contribution in [0.25, 0.3) is 11.3 Å². The summed E-state index contributed by atoms with van der Waals surface area (Å²) >= 11 is 1.29. The molecule has 0 saturated heterocycles. The summed E-state index contributed by atoms with van der Waals surface area (Å²) in [7, 11) is 0. The van der Waals surface area contributed by atoms with Crippen LogP contribution in [0.3, 0.4) is 0 Å². The Bertz CT molecular complexity index is 691. The maximum absolute atomic E-state index is 12.8. The van der Waals surface area contributed by atoms with Gasteiger partial charge in [0.15, 0.2) is 5.13 Å². The predicted octanol–water partition coefficient (Wildman–Crippen LogP) is 4.04. The molecule has 106 valence electrons. The first kappa shape index (κ1) is 13.2. The standard InChI is InChI=1S/C13H11F3N2OS/c1-12(2)10-9(18-11(17)20-10)7-4-3-6(13(14,15)16)5-8(7)19-12/h3-5H,1-2H3,(H2,17,18). The van der Waals surface area contributed by atoms with Gasteiger partial charge in [-0.2, -0.15) is 13.2 Å². The molecule has 2 N–H and O–H groups in total. The number of benzene rings is 1. The van der Waals surface area contributed by atoms with Gasteiger partial charge in [0, 0.05) is 5.56 Å². The number of rotatable bonds is 0. The number of hydrogen-bond donors (Lipinski definition) is 1. The van der Waals surface area contributed by atoms with Crippen molar-refractivity contribution >= 4 is 16.5 Å². The summed E-state index contributed by atoms with van der Waals surface area (Å²) in [6.07, 6.45) is -4.40. The van der Waals surface area contributed by atoms with Crippen LogP contribution in [0.15, 0.2) is 18.2 Å². The van der Waals surface area contributed by atoms with Crippen LogP contribution in [0.5, 0.6) is 5.75 Å². The number of nitrogens with zero attached hydrogens (tertiary/aromatic N) is 1. The van der Waals surface area contributed by atoms with Gasteiger partial charge in [0.25, 0.3) is 0 Å². The van der Waals surface area contributed by atoms with Crippen LogP contribution >= 0.6 is 11.3 Å². The smallest absolute Gasteiger partial charge is 0.416 e. The number of nitrogens with two attached hydrogens (primary N) is 1. The molecule has 1 aromatic heterocycles. The lowest BCUT2D eigenvalue weighted by Crippen LogP contribution is -2.28. The number of anilines is 1. The van der Waals surface area contributed by atoms with Crippen molar-refractivity contribution in [1.29, 1.82) is 0 Å². The minimum Gasteiger partial charge on any atom is -0.482 e. The van der Waals surface area contributed by atoms with Crippen molar-refractivity contribution in [2.24, 2.45) is 0 Å². The fourth-order valence-electron chi connectivity index (χ4n) is 2.23. The fraction of sp³-hybridized carbons (Fsp3) is 0.308. The van der Waals surface area contributed by atoms with Gasteiger partial charge in [-0.15, -0.1) is 0 Å². The van der Waals surface area contributed by atoms with Gasteiger partial charge in [-0.05, 0) is 32.0 Å². The average Bonchev–Trinajstić information content (AvgIpc) is 2.70. The second-order valence-electron chi connectivity index (χ2n) is 5.05. The molecular formula is C13H11F3N2OS. The molecule has 3 nitrogen and oxygen atoms in total. The number of thiazole rings is 1. The molecule has 0 bridgehead atoms. The molecule has 1 aromatic carbocycles. The summed E-state index contributed by atoms with van der Waals surface area (Å²) in [5, 5.41) is 0.374. The first-order valence-corrected chi connectivity index (χ1v) is 6.67. The van der Waals surface area contributed by atoms with E-state index in [1.54, 1.807) is 13.8 Å². The van der Waals surface area contributed by atoms with Crippen LogP contribution in [-0.2, 0) is 11.8 Å². The first-order valence-electron chi connectivity index (χ1n) is 5.86. The van der Waals surface area contributed by atoms with Gasteiger partial charge in [0.2, 0.25) is 0 Å². The van der Waals surface area contributed by atoms with Gasteiger partial charge >= 0.3 is 6.18 Å². The molecule has 1 aliphatic rings. The summed E-state index contributed by atoms with van der Waals surface area (Å²) in [6.45, 7) is 3.57. The first-order chi connectivity index (χ1) is 9.18. The molecule has 0 aliphatic carbocycles. The fourth-order valence-corrected chi connectivity index (χ4v) is 3.11. The van der Waals surface area contributed by atoms with E-state index in [4.69, 9.17) is 10.5 Å². The van der Waals surface area contributed by atoms with Crippen molar-refractivity contribution in [3.8, 4) is 17.0 Å². The number of halogens is 3. The normalized spacial score (nSPS) is 16.2. The van der Waals surface area contributed by atoms with Gasteiger partial charge in [0.1, 0.15) is 11.4 Å². The predicted molar refractivity (Wildman–Crippen MR) is 70.6 cm³/mol. The number of ether oxygens (including phenoxy) is 1. The molecule has 7 heteroatoms. The molecule has 2 aromatic rings. The van der Waals surface area contributed by atoms with E-state index in [1.807, 2.05) is 0 Å². The molecule has 0 spiro atoms. The Balaban J connectivity index is 2.22. The van der Waals surface area contributed by atoms with Crippen molar-refractivity contribution in [2.45, 2.75) is 25.6 Å². The lowest BCUT2D eigenvalue weighted by molar-refractivity contribution is -0.137. The van der Waals surface area contributed by atoms with Gasteiger partial charge < -0.3 is 10.5 Å². The van der Waals surface area contributed by atoms with Crippen LogP contribution in [0.2, 0.25) is 0 Å². The summed E-state index contributed by atoms with van der Waals surface area (Å²) < 4.78 is 44.0. The minimum absolute atomic E-state index is 0.183. The van der Waals surface area contributed by atoms with Gasteiger partial charge in [-0.3, -0.25) is 0 Å². The van der Waals surface area contributed by atoms with E-state index in [9.17, 15) is 13.2 Å². The molecule has 0 amide bonds. The molecule has 0 fully saturated rings. The van der Waals surface area contributed by atoms with Crippen molar-refractivity contribution in [3.05, 3.63) is 28.6 Å². The molecule has 0 atom stereocenters. The van der Waals surface area contributed by atoms with Gasteiger partial charge in [0.05, 0.1) is 16.1 Å². The van der Waals surface area contributed by atoms with E-state index in [2.05, 4.69) is 4.98 Å². The summed E-state index contributed by atoms with van der Waals surface area (Å²) in [4.78, 5) is 5.04. The maximum Gasteiger partial charge on any atom is 0.416 e. The Labute approximate surface area is 117 Å². The number of aromatic nitrogens is 1. The molecular weight excluding hydrogens is 289 g/mol. The van der Waals surface area contributed by atoms with Gasteiger partial charge in [-0.1, -0.05) is 11.3 Å². The zero-order chi connectivity index (χ0) is 14.7. The van der Waals surface area contributed by atoms with Crippen LogP contribution < -0.4 is 10.5 Å². The number of hydrogen-bond acceptors (Lipinski definition) is 4. The largest absolute Gasteiger partial charge is 0.482 e. The third-order valence-corrected chi connectivity index (χ3v) is 4.31. The van der Waals surface area contributed by atoms with Crippen LogP contribution in [0.1, 0.15) is 24.3 Å². The number of fused-ring (bicyclic) bond motifs is 3. The topological polar surface area (TPSA) is 48.1 Å². The van der Waals surface area contributed by atoms with Crippen LogP contribution in [0.4, 0.5) is 18.3 Å². The average molecular weight is 300 g/mol. The minimum atomic E-state index is -4.40. The van der Waals surface area contributed by atoms with E-state index < -0.39 is 17.3 Å². The molecule has 3 rings (SSSR count). The lowest BCUT2D eigenvalue weighted by atomic mass is 9.96. The zero-order valence-electron chi connectivity index (χ0n) is 10.7. The van der Waals surface area contributed by atoms with E-state index in [0.717, 1.165) is 17.0 Å². The van der Waals surface area contributed by atoms with E-state index in [-0.39, 0.29) is 5.75 Å². The maximum atomic E-state index is 12.8. The summed E-state index contributed by atoms with van der Waals surface area (Å²) in [6, 6.07) is 3.42. The quantitative estimate of drug-likeness (QED) is 0.799. The second kappa shape index (κ2) is 3.88. The summed E-state index contributed by atoms with van der Waals surface area (Å²) in [5.41, 5.74) is 5.37. The van der Waals surface area contributed by atoms with Crippen LogP contribution in [0, 0.1) is 0 Å². The number of nitrogen functional groups attached to an aromatic ring is 1. The van der Waals surface area contributed by atoms with Crippen molar-refractivity contribution < 1.29 is 17.9 Å². The molecule has 0 radical (unpaired) electrons. The Morgan fingerprint density at radius 3 is 2.65 bits per heavy atom. The van der Waals surface area contributed by atoms with Crippen LogP contribution in [-0.4, -0.2) is 4.98 Å². The number of alkyl halides is 3. The molecule has 0 unspecified atom stereocenters. The van der Waals surface area contributed by atoms with E-state index >= 15 is 0 Å². The Hall–Kier alpha value is -1.76.